The average Bonchev–Trinajstić information content (AvgIpc) is 3.42. The highest BCUT2D eigenvalue weighted by Crippen LogP contribution is 2.28. The minimum Gasteiger partial charge on any atom is -0.335 e. The summed E-state index contributed by atoms with van der Waals surface area (Å²) in [6, 6.07) is 10.6. The fourth-order valence-electron chi connectivity index (χ4n) is 4.45. The normalized spacial score (nSPS) is 17.2. The molecule has 0 saturated carbocycles. The predicted molar refractivity (Wildman–Crippen MR) is 116 cm³/mol. The molecule has 1 fully saturated rings. The van der Waals surface area contributed by atoms with E-state index in [0.29, 0.717) is 5.69 Å². The number of carbonyl (C=O) groups excluding carboxylic acids is 1. The summed E-state index contributed by atoms with van der Waals surface area (Å²) in [6.45, 7) is 4.16. The van der Waals surface area contributed by atoms with E-state index < -0.39 is 0 Å². The number of thiophene rings is 1. The molecule has 2 aliphatic rings. The van der Waals surface area contributed by atoms with Gasteiger partial charge in [0.25, 0.3) is 5.91 Å². The largest absolute Gasteiger partial charge is 0.335 e. The topological polar surface area (TPSA) is 41.4 Å². The van der Waals surface area contributed by atoms with Crippen molar-refractivity contribution in [2.24, 2.45) is 0 Å². The molecule has 1 amide bonds. The first-order valence-electron chi connectivity index (χ1n) is 10.6. The third-order valence-electron chi connectivity index (χ3n) is 6.07. The molecule has 3 heterocycles. The lowest BCUT2D eigenvalue weighted by Gasteiger charge is -2.34. The van der Waals surface area contributed by atoms with Crippen molar-refractivity contribution in [3.05, 3.63) is 69.4 Å². The smallest absolute Gasteiger partial charge is 0.274 e. The zero-order valence-corrected chi connectivity index (χ0v) is 17.7. The first-order valence-corrected chi connectivity index (χ1v) is 11.5. The Morgan fingerprint density at radius 2 is 1.80 bits per heavy atom. The highest BCUT2D eigenvalue weighted by Gasteiger charge is 2.30. The summed E-state index contributed by atoms with van der Waals surface area (Å²) in [5, 5.41) is 6.84. The quantitative estimate of drug-likeness (QED) is 0.638. The van der Waals surface area contributed by atoms with Crippen molar-refractivity contribution in [2.75, 3.05) is 26.2 Å². The summed E-state index contributed by atoms with van der Waals surface area (Å²) < 4.78 is 15.2. The molecule has 0 bridgehead atoms. The molecule has 0 N–H and O–H groups in total. The zero-order valence-electron chi connectivity index (χ0n) is 16.9. The average molecular weight is 425 g/mol. The van der Waals surface area contributed by atoms with Crippen LogP contribution in [0, 0.1) is 5.82 Å². The maximum absolute atomic E-state index is 13.4. The number of carbonyl (C=O) groups is 1. The van der Waals surface area contributed by atoms with Crippen molar-refractivity contribution in [1.82, 2.24) is 19.6 Å². The SMILES string of the molecule is O=C(c1nn(-c2ccc(F)cc2)c2c1CCCC2)N1CCN(Cc2cccs2)CC1. The lowest BCUT2D eigenvalue weighted by atomic mass is 9.95. The Balaban J connectivity index is 1.35. The minimum absolute atomic E-state index is 0.0322. The number of piperazine rings is 1. The van der Waals surface area contributed by atoms with Gasteiger partial charge in [-0.2, -0.15) is 5.10 Å². The first-order chi connectivity index (χ1) is 14.7. The molecule has 0 unspecified atom stereocenters. The van der Waals surface area contributed by atoms with Crippen LogP contribution in [0.4, 0.5) is 4.39 Å². The van der Waals surface area contributed by atoms with Gasteiger partial charge in [-0.15, -0.1) is 11.3 Å². The molecule has 156 valence electrons. The highest BCUT2D eigenvalue weighted by molar-refractivity contribution is 7.09. The number of halogens is 1. The van der Waals surface area contributed by atoms with Gasteiger partial charge in [0.15, 0.2) is 5.69 Å². The van der Waals surface area contributed by atoms with Gasteiger partial charge in [-0.25, -0.2) is 9.07 Å². The molecule has 7 heteroatoms. The van der Waals surface area contributed by atoms with Crippen LogP contribution in [-0.2, 0) is 19.4 Å². The molecular weight excluding hydrogens is 399 g/mol. The Morgan fingerprint density at radius 3 is 2.53 bits per heavy atom. The van der Waals surface area contributed by atoms with E-state index in [0.717, 1.165) is 75.4 Å². The first kappa shape index (κ1) is 19.5. The molecule has 1 aliphatic carbocycles. The molecular formula is C23H25FN4OS. The Bertz CT molecular complexity index is 1020. The van der Waals surface area contributed by atoms with Gasteiger partial charge in [0.2, 0.25) is 0 Å². The van der Waals surface area contributed by atoms with Crippen LogP contribution in [-0.4, -0.2) is 51.7 Å². The fourth-order valence-corrected chi connectivity index (χ4v) is 5.19. The van der Waals surface area contributed by atoms with Crippen LogP contribution in [0.5, 0.6) is 0 Å². The van der Waals surface area contributed by atoms with Gasteiger partial charge < -0.3 is 4.90 Å². The highest BCUT2D eigenvalue weighted by atomic mass is 32.1. The van der Waals surface area contributed by atoms with Crippen molar-refractivity contribution in [2.45, 2.75) is 32.2 Å². The second-order valence-corrected chi connectivity index (χ2v) is 9.05. The molecule has 2 aromatic heterocycles. The van der Waals surface area contributed by atoms with Crippen molar-refractivity contribution in [3.63, 3.8) is 0 Å². The molecule has 5 rings (SSSR count). The lowest BCUT2D eigenvalue weighted by molar-refractivity contribution is 0.0622. The number of aromatic nitrogens is 2. The van der Waals surface area contributed by atoms with E-state index in [1.54, 1.807) is 23.5 Å². The van der Waals surface area contributed by atoms with Gasteiger partial charge in [-0.3, -0.25) is 9.69 Å². The van der Waals surface area contributed by atoms with E-state index in [4.69, 9.17) is 5.10 Å². The lowest BCUT2D eigenvalue weighted by Crippen LogP contribution is -2.48. The van der Waals surface area contributed by atoms with Gasteiger partial charge in [0, 0.05) is 48.9 Å². The standard InChI is InChI=1S/C23H25FN4OS/c24-17-7-9-18(10-8-17)28-21-6-2-1-5-20(21)22(25-28)23(29)27-13-11-26(12-14-27)16-19-4-3-15-30-19/h3-4,7-10,15H,1-2,5-6,11-14,16H2. The van der Waals surface area contributed by atoms with Crippen molar-refractivity contribution < 1.29 is 9.18 Å². The molecule has 0 atom stereocenters. The van der Waals surface area contributed by atoms with E-state index >= 15 is 0 Å². The summed E-state index contributed by atoms with van der Waals surface area (Å²) >= 11 is 1.78. The van der Waals surface area contributed by atoms with Gasteiger partial charge in [0.1, 0.15) is 5.82 Å². The second-order valence-electron chi connectivity index (χ2n) is 8.02. The van der Waals surface area contributed by atoms with Crippen LogP contribution in [0.3, 0.4) is 0 Å². The monoisotopic (exact) mass is 424 g/mol. The van der Waals surface area contributed by atoms with Gasteiger partial charge in [0.05, 0.1) is 5.69 Å². The van der Waals surface area contributed by atoms with Crippen LogP contribution >= 0.6 is 11.3 Å². The summed E-state index contributed by atoms with van der Waals surface area (Å²) in [6.07, 6.45) is 3.96. The molecule has 1 aromatic carbocycles. The number of rotatable bonds is 4. The summed E-state index contributed by atoms with van der Waals surface area (Å²) in [7, 11) is 0. The fraction of sp³-hybridized carbons (Fsp3) is 0.391. The van der Waals surface area contributed by atoms with Crippen molar-refractivity contribution >= 4 is 17.2 Å². The molecule has 1 saturated heterocycles. The van der Waals surface area contributed by atoms with Crippen LogP contribution < -0.4 is 0 Å². The van der Waals surface area contributed by atoms with Gasteiger partial charge in [-0.1, -0.05) is 6.07 Å². The maximum Gasteiger partial charge on any atom is 0.274 e. The number of hydrogen-bond acceptors (Lipinski definition) is 4. The molecule has 3 aromatic rings. The summed E-state index contributed by atoms with van der Waals surface area (Å²) in [5.74, 6) is -0.235. The summed E-state index contributed by atoms with van der Waals surface area (Å²) in [5.41, 5.74) is 3.58. The van der Waals surface area contributed by atoms with Gasteiger partial charge in [-0.05, 0) is 61.4 Å². The molecule has 5 nitrogen and oxygen atoms in total. The van der Waals surface area contributed by atoms with E-state index in [9.17, 15) is 9.18 Å². The number of hydrogen-bond donors (Lipinski definition) is 0. The third kappa shape index (κ3) is 3.79. The van der Waals surface area contributed by atoms with E-state index in [1.807, 2.05) is 9.58 Å². The predicted octanol–water partition coefficient (Wildman–Crippen LogP) is 3.91. The molecule has 1 aliphatic heterocycles. The Labute approximate surface area is 179 Å². The Kier molecular flexibility index (Phi) is 5.39. The zero-order chi connectivity index (χ0) is 20.5. The van der Waals surface area contributed by atoms with Crippen LogP contribution in [0.25, 0.3) is 5.69 Å². The maximum atomic E-state index is 13.4. The van der Waals surface area contributed by atoms with E-state index in [-0.39, 0.29) is 11.7 Å². The Hall–Kier alpha value is -2.51. The number of benzene rings is 1. The van der Waals surface area contributed by atoms with Gasteiger partial charge >= 0.3 is 0 Å². The van der Waals surface area contributed by atoms with E-state index in [2.05, 4.69) is 22.4 Å². The molecule has 0 radical (unpaired) electrons. The molecule has 0 spiro atoms. The number of nitrogens with zero attached hydrogens (tertiary/aromatic N) is 4. The second kappa shape index (κ2) is 8.32. The third-order valence-corrected chi connectivity index (χ3v) is 6.93. The molecule has 30 heavy (non-hydrogen) atoms. The number of amides is 1. The van der Waals surface area contributed by atoms with Crippen molar-refractivity contribution in [1.29, 1.82) is 0 Å². The Morgan fingerprint density at radius 1 is 1.03 bits per heavy atom. The van der Waals surface area contributed by atoms with Crippen LogP contribution in [0.15, 0.2) is 41.8 Å². The van der Waals surface area contributed by atoms with E-state index in [1.165, 1.54) is 17.0 Å². The summed E-state index contributed by atoms with van der Waals surface area (Å²) in [4.78, 5) is 19.1. The van der Waals surface area contributed by atoms with Crippen LogP contribution in [0.1, 0.15) is 39.5 Å². The van der Waals surface area contributed by atoms with Crippen molar-refractivity contribution in [3.8, 4) is 5.69 Å². The van der Waals surface area contributed by atoms with Crippen LogP contribution in [0.2, 0.25) is 0 Å². The minimum atomic E-state index is -0.267. The number of fused-ring (bicyclic) bond motifs is 1.